The van der Waals surface area contributed by atoms with Gasteiger partial charge in [0.2, 0.25) is 0 Å². The molecule has 1 atom stereocenters. The molecule has 0 aliphatic carbocycles. The summed E-state index contributed by atoms with van der Waals surface area (Å²) < 4.78 is 38.4. The zero-order valence-corrected chi connectivity index (χ0v) is 22.9. The third kappa shape index (κ3) is 6.47. The number of nitrogens with zero attached hydrogens (tertiary/aromatic N) is 3. The van der Waals surface area contributed by atoms with E-state index in [2.05, 4.69) is 20.4 Å². The second-order valence-electron chi connectivity index (χ2n) is 8.81. The van der Waals surface area contributed by atoms with Gasteiger partial charge in [0.05, 0.1) is 25.1 Å². The maximum absolute atomic E-state index is 16.1. The van der Waals surface area contributed by atoms with Crippen molar-refractivity contribution in [3.63, 3.8) is 0 Å². The summed E-state index contributed by atoms with van der Waals surface area (Å²) in [5, 5.41) is 15.2. The Morgan fingerprint density at radius 2 is 1.98 bits per heavy atom. The number of rotatable bonds is 12. The van der Waals surface area contributed by atoms with Gasteiger partial charge in [0.25, 0.3) is 0 Å². The van der Waals surface area contributed by atoms with Crippen molar-refractivity contribution in [1.82, 2.24) is 19.7 Å². The molecule has 0 saturated heterocycles. The van der Waals surface area contributed by atoms with Crippen LogP contribution in [0.1, 0.15) is 29.9 Å². The van der Waals surface area contributed by atoms with E-state index in [0.717, 1.165) is 4.68 Å². The lowest BCUT2D eigenvalue weighted by molar-refractivity contribution is -0.131. The number of hydrogen-bond acceptors (Lipinski definition) is 11. The summed E-state index contributed by atoms with van der Waals surface area (Å²) in [5.41, 5.74) is 11.5. The average molecular weight is 581 g/mol. The van der Waals surface area contributed by atoms with E-state index >= 15 is 4.39 Å². The highest BCUT2D eigenvalue weighted by Gasteiger charge is 2.28. The topological polar surface area (TPSA) is 205 Å². The summed E-state index contributed by atoms with van der Waals surface area (Å²) in [6.45, 7) is 1.44. The van der Waals surface area contributed by atoms with Crippen LogP contribution in [0.3, 0.4) is 0 Å². The molecule has 2 aromatic carbocycles. The maximum Gasteiger partial charge on any atom is 0.349 e. The van der Waals surface area contributed by atoms with Gasteiger partial charge in [-0.2, -0.15) is 4.68 Å². The Morgan fingerprint density at radius 3 is 2.64 bits per heavy atom. The number of carbonyl (C=O) groups excluding carboxylic acids is 1. The molecule has 2 heterocycles. The second kappa shape index (κ2) is 12.8. The van der Waals surface area contributed by atoms with Crippen molar-refractivity contribution in [2.75, 3.05) is 38.5 Å². The number of halogens is 1. The zero-order chi connectivity index (χ0) is 30.4. The summed E-state index contributed by atoms with van der Waals surface area (Å²) in [4.78, 5) is 31.7. The fourth-order valence-electron chi connectivity index (χ4n) is 3.96. The zero-order valence-electron chi connectivity index (χ0n) is 22.9. The van der Waals surface area contributed by atoms with E-state index in [1.807, 2.05) is 0 Å². The Kier molecular flexibility index (Phi) is 9.02. The largest absolute Gasteiger partial charge is 0.497 e. The first-order chi connectivity index (χ1) is 20.1. The molecule has 14 nitrogen and oxygen atoms in total. The number of hydrogen-bond donors (Lipinski definition) is 5. The molecular formula is C27H29FN8O6. The molecule has 0 bridgehead atoms. The van der Waals surface area contributed by atoms with E-state index in [0.29, 0.717) is 0 Å². The number of H-pyrrole nitrogens is 1. The molecule has 15 heteroatoms. The standard InChI is InChI=1S/C27H29FN8O6/c1-14(37)42-20-11-15(24(30)31)6-7-19(20)33-23(17-12-16(40-3)13-21(22(17)28)41-10-9-39-2)25-34-27(38)36(35-25)26-18(29)5-4-8-32-26/h4-8,11-13,23,33H,9-10,29H2,1-3H3,(H3,30,31)(H,34,35,38). The number of nitrogens with one attached hydrogen (secondary N) is 3. The number of benzene rings is 2. The smallest absolute Gasteiger partial charge is 0.349 e. The lowest BCUT2D eigenvalue weighted by Gasteiger charge is -2.22. The molecule has 0 radical (unpaired) electrons. The quantitative estimate of drug-likeness (QED) is 0.0539. The van der Waals surface area contributed by atoms with Gasteiger partial charge in [0, 0.05) is 37.4 Å². The Morgan fingerprint density at radius 1 is 1.19 bits per heavy atom. The summed E-state index contributed by atoms with van der Waals surface area (Å²) in [6, 6.07) is 9.06. The van der Waals surface area contributed by atoms with E-state index in [-0.39, 0.29) is 70.4 Å². The fraction of sp³-hybridized carbons (Fsp3) is 0.222. The monoisotopic (exact) mass is 580 g/mol. The molecule has 42 heavy (non-hydrogen) atoms. The van der Waals surface area contributed by atoms with Crippen molar-refractivity contribution in [1.29, 1.82) is 5.41 Å². The molecule has 0 fully saturated rings. The van der Waals surface area contributed by atoms with Crippen LogP contribution in [-0.2, 0) is 9.53 Å². The van der Waals surface area contributed by atoms with Crippen LogP contribution in [-0.4, -0.2) is 59.0 Å². The molecule has 4 rings (SSSR count). The molecular weight excluding hydrogens is 551 g/mol. The summed E-state index contributed by atoms with van der Waals surface area (Å²) in [6.07, 6.45) is 1.44. The van der Waals surface area contributed by atoms with E-state index in [9.17, 15) is 9.59 Å². The molecule has 0 aliphatic heterocycles. The number of anilines is 2. The number of nitrogen functional groups attached to an aromatic ring is 2. The van der Waals surface area contributed by atoms with Gasteiger partial charge in [-0.1, -0.05) is 0 Å². The first-order valence-corrected chi connectivity index (χ1v) is 12.5. The van der Waals surface area contributed by atoms with Crippen LogP contribution in [0, 0.1) is 11.2 Å². The number of methoxy groups -OCH3 is 2. The molecule has 0 spiro atoms. The normalized spacial score (nSPS) is 11.5. The van der Waals surface area contributed by atoms with Crippen molar-refractivity contribution < 1.29 is 28.1 Å². The fourth-order valence-corrected chi connectivity index (χ4v) is 3.96. The highest BCUT2D eigenvalue weighted by atomic mass is 19.1. The highest BCUT2D eigenvalue weighted by Crippen LogP contribution is 2.37. The molecule has 1 unspecified atom stereocenters. The van der Waals surface area contributed by atoms with E-state index in [4.69, 9.17) is 35.8 Å². The Bertz CT molecular complexity index is 1670. The number of ether oxygens (including phenoxy) is 4. The number of aromatic nitrogens is 4. The summed E-state index contributed by atoms with van der Waals surface area (Å²) in [7, 11) is 2.88. The van der Waals surface area contributed by atoms with Crippen molar-refractivity contribution in [3.8, 4) is 23.1 Å². The van der Waals surface area contributed by atoms with Gasteiger partial charge in [-0.15, -0.1) is 5.10 Å². The summed E-state index contributed by atoms with van der Waals surface area (Å²) in [5.74, 6) is -1.60. The van der Waals surface area contributed by atoms with E-state index in [1.165, 1.54) is 57.7 Å². The van der Waals surface area contributed by atoms with Gasteiger partial charge in [-0.05, 0) is 36.4 Å². The van der Waals surface area contributed by atoms with Crippen molar-refractivity contribution >= 4 is 23.2 Å². The Labute approximate surface area is 238 Å². The third-order valence-corrected chi connectivity index (χ3v) is 5.90. The highest BCUT2D eigenvalue weighted by molar-refractivity contribution is 5.96. The van der Waals surface area contributed by atoms with Crippen LogP contribution < -0.4 is 36.7 Å². The van der Waals surface area contributed by atoms with E-state index in [1.54, 1.807) is 12.1 Å². The van der Waals surface area contributed by atoms with Crippen LogP contribution in [0.25, 0.3) is 5.82 Å². The van der Waals surface area contributed by atoms with Crippen LogP contribution >= 0.6 is 0 Å². The van der Waals surface area contributed by atoms with Crippen molar-refractivity contribution in [3.05, 3.63) is 81.9 Å². The number of amidine groups is 1. The molecule has 2 aromatic heterocycles. The number of pyridine rings is 1. The molecule has 220 valence electrons. The predicted molar refractivity (Wildman–Crippen MR) is 151 cm³/mol. The number of carbonyl (C=O) groups is 1. The third-order valence-electron chi connectivity index (χ3n) is 5.90. The maximum atomic E-state index is 16.1. The first kappa shape index (κ1) is 29.5. The van der Waals surface area contributed by atoms with Gasteiger partial charge < -0.3 is 35.7 Å². The lowest BCUT2D eigenvalue weighted by Crippen LogP contribution is -2.19. The molecule has 7 N–H and O–H groups in total. The predicted octanol–water partition coefficient (Wildman–Crippen LogP) is 2.12. The average Bonchev–Trinajstić information content (AvgIpc) is 3.34. The molecule has 0 amide bonds. The molecule has 0 aliphatic rings. The Balaban J connectivity index is 1.91. The first-order valence-electron chi connectivity index (χ1n) is 12.5. The van der Waals surface area contributed by atoms with Gasteiger partial charge in [-0.25, -0.2) is 14.2 Å². The van der Waals surface area contributed by atoms with Crippen LogP contribution in [0.2, 0.25) is 0 Å². The van der Waals surface area contributed by atoms with Crippen LogP contribution in [0.15, 0.2) is 53.5 Å². The van der Waals surface area contributed by atoms with E-state index < -0.39 is 23.5 Å². The SMILES string of the molecule is COCCOc1cc(OC)cc(C(Nc2ccc(C(=N)N)cc2OC(C)=O)c2nn(-c3ncccc3N)c(=O)[nH]2)c1F. The molecule has 0 saturated carbocycles. The van der Waals surface area contributed by atoms with Crippen molar-refractivity contribution in [2.45, 2.75) is 13.0 Å². The van der Waals surface area contributed by atoms with Gasteiger partial charge in [0.15, 0.2) is 29.0 Å². The minimum atomic E-state index is -1.22. The number of esters is 1. The lowest BCUT2D eigenvalue weighted by atomic mass is 10.0. The van der Waals surface area contributed by atoms with Gasteiger partial charge in [0.1, 0.15) is 24.2 Å². The Hall–Kier alpha value is -5.44. The van der Waals surface area contributed by atoms with Crippen LogP contribution in [0.4, 0.5) is 15.8 Å². The number of nitrogens with two attached hydrogens (primary N) is 2. The minimum Gasteiger partial charge on any atom is -0.497 e. The second-order valence-corrected chi connectivity index (χ2v) is 8.81. The van der Waals surface area contributed by atoms with Crippen LogP contribution in [0.5, 0.6) is 17.2 Å². The van der Waals surface area contributed by atoms with Gasteiger partial charge >= 0.3 is 11.7 Å². The summed E-state index contributed by atoms with van der Waals surface area (Å²) >= 11 is 0. The number of aromatic amines is 1. The van der Waals surface area contributed by atoms with Crippen molar-refractivity contribution in [2.24, 2.45) is 5.73 Å². The minimum absolute atomic E-state index is 0.00387. The molecule has 4 aromatic rings. The van der Waals surface area contributed by atoms with Gasteiger partial charge in [-0.3, -0.25) is 15.2 Å².